The van der Waals surface area contributed by atoms with Crippen molar-refractivity contribution in [3.05, 3.63) is 29.3 Å². The second-order valence-corrected chi connectivity index (χ2v) is 5.13. The Bertz CT molecular complexity index is 479. The first-order chi connectivity index (χ1) is 10.1. The van der Waals surface area contributed by atoms with Gasteiger partial charge in [-0.3, -0.25) is 4.79 Å². The Labute approximate surface area is 122 Å². The lowest BCUT2D eigenvalue weighted by Crippen LogP contribution is -2.40. The molecule has 1 aromatic carbocycles. The molecular weight excluding hydrogens is 278 g/mol. The summed E-state index contributed by atoms with van der Waals surface area (Å²) in [5, 5.41) is 5.41. The smallest absolute Gasteiger partial charge is 0.251 e. The van der Waals surface area contributed by atoms with Gasteiger partial charge < -0.3 is 15.4 Å². The molecule has 116 valence electrons. The van der Waals surface area contributed by atoms with Gasteiger partial charge in [0.2, 0.25) is 0 Å². The summed E-state index contributed by atoms with van der Waals surface area (Å²) in [6.07, 6.45) is 2.43. The van der Waals surface area contributed by atoms with Crippen LogP contribution in [0.25, 0.3) is 0 Å². The summed E-state index contributed by atoms with van der Waals surface area (Å²) in [4.78, 5) is 12.0. The molecule has 21 heavy (non-hydrogen) atoms. The molecule has 0 radical (unpaired) electrons. The highest BCUT2D eigenvalue weighted by Gasteiger charge is 2.19. The van der Waals surface area contributed by atoms with Crippen molar-refractivity contribution < 1.29 is 18.3 Å². The van der Waals surface area contributed by atoms with Crippen LogP contribution in [-0.2, 0) is 4.74 Å². The predicted molar refractivity (Wildman–Crippen MR) is 76.4 cm³/mol. The van der Waals surface area contributed by atoms with E-state index in [1.807, 2.05) is 6.92 Å². The van der Waals surface area contributed by atoms with Crippen molar-refractivity contribution in [1.82, 2.24) is 5.32 Å². The minimum Gasteiger partial charge on any atom is -0.380 e. The molecule has 1 aliphatic rings. The van der Waals surface area contributed by atoms with Crippen LogP contribution in [0.5, 0.6) is 0 Å². The van der Waals surface area contributed by atoms with Crippen molar-refractivity contribution in [2.24, 2.45) is 0 Å². The molecular formula is C15H20F2N2O2. The van der Waals surface area contributed by atoms with Gasteiger partial charge in [-0.05, 0) is 31.4 Å². The number of carbonyl (C=O) groups is 1. The number of benzene rings is 1. The van der Waals surface area contributed by atoms with Crippen LogP contribution >= 0.6 is 0 Å². The molecule has 1 atom stereocenters. The molecule has 4 nitrogen and oxygen atoms in total. The summed E-state index contributed by atoms with van der Waals surface area (Å²) in [5.74, 6) is -1.99. The number of amides is 1. The molecule has 0 aromatic heterocycles. The third-order valence-electron chi connectivity index (χ3n) is 3.35. The van der Waals surface area contributed by atoms with Crippen LogP contribution in [0.4, 0.5) is 14.5 Å². The maximum Gasteiger partial charge on any atom is 0.251 e. The van der Waals surface area contributed by atoms with Gasteiger partial charge in [0.05, 0.1) is 12.6 Å². The summed E-state index contributed by atoms with van der Waals surface area (Å²) in [5.41, 5.74) is -0.202. The van der Waals surface area contributed by atoms with Crippen molar-refractivity contribution in [3.8, 4) is 0 Å². The van der Waals surface area contributed by atoms with E-state index in [0.717, 1.165) is 31.4 Å². The van der Waals surface area contributed by atoms with Crippen molar-refractivity contribution in [2.75, 3.05) is 25.1 Å². The third-order valence-corrected chi connectivity index (χ3v) is 3.35. The fourth-order valence-electron chi connectivity index (χ4n) is 2.25. The van der Waals surface area contributed by atoms with Gasteiger partial charge in [-0.25, -0.2) is 8.78 Å². The minimum atomic E-state index is -0.756. The Hall–Kier alpha value is -1.69. The van der Waals surface area contributed by atoms with E-state index in [4.69, 9.17) is 4.74 Å². The molecule has 1 fully saturated rings. The lowest BCUT2D eigenvalue weighted by atomic mass is 10.1. The zero-order valence-corrected chi connectivity index (χ0v) is 12.0. The molecule has 1 amide bonds. The van der Waals surface area contributed by atoms with E-state index >= 15 is 0 Å². The third kappa shape index (κ3) is 4.14. The Balaban J connectivity index is 2.07. The monoisotopic (exact) mass is 298 g/mol. The molecule has 1 unspecified atom stereocenters. The van der Waals surface area contributed by atoms with Crippen LogP contribution in [0.15, 0.2) is 12.1 Å². The zero-order valence-electron chi connectivity index (χ0n) is 12.0. The van der Waals surface area contributed by atoms with Gasteiger partial charge in [-0.1, -0.05) is 6.92 Å². The summed E-state index contributed by atoms with van der Waals surface area (Å²) >= 11 is 0. The van der Waals surface area contributed by atoms with E-state index in [1.165, 1.54) is 0 Å². The molecule has 6 heteroatoms. The first kappa shape index (κ1) is 15.7. The molecule has 0 spiro atoms. The van der Waals surface area contributed by atoms with E-state index in [0.29, 0.717) is 19.8 Å². The highest BCUT2D eigenvalue weighted by molar-refractivity contribution is 5.94. The highest BCUT2D eigenvalue weighted by Crippen LogP contribution is 2.21. The van der Waals surface area contributed by atoms with Crippen LogP contribution in [0.3, 0.4) is 0 Å². The average Bonchev–Trinajstić information content (AvgIpc) is 2.47. The van der Waals surface area contributed by atoms with Crippen LogP contribution in [0.1, 0.15) is 36.5 Å². The molecule has 1 saturated heterocycles. The second-order valence-electron chi connectivity index (χ2n) is 5.13. The van der Waals surface area contributed by atoms with E-state index in [1.54, 1.807) is 0 Å². The Morgan fingerprint density at radius 2 is 2.10 bits per heavy atom. The van der Waals surface area contributed by atoms with Gasteiger partial charge in [-0.15, -0.1) is 0 Å². The number of hydrogen-bond donors (Lipinski definition) is 2. The Morgan fingerprint density at radius 3 is 2.67 bits per heavy atom. The normalized spacial score (nSPS) is 18.3. The van der Waals surface area contributed by atoms with E-state index in [-0.39, 0.29) is 17.3 Å². The first-order valence-corrected chi connectivity index (χ1v) is 7.23. The van der Waals surface area contributed by atoms with Crippen LogP contribution < -0.4 is 10.6 Å². The molecule has 1 heterocycles. The van der Waals surface area contributed by atoms with Crippen LogP contribution in [0.2, 0.25) is 0 Å². The fourth-order valence-corrected chi connectivity index (χ4v) is 2.25. The number of hydrogen-bond acceptors (Lipinski definition) is 3. The first-order valence-electron chi connectivity index (χ1n) is 7.23. The molecule has 0 aliphatic carbocycles. The number of rotatable bonds is 5. The average molecular weight is 298 g/mol. The summed E-state index contributed by atoms with van der Waals surface area (Å²) in [6, 6.07) is 2.01. The van der Waals surface area contributed by atoms with Crippen molar-refractivity contribution in [1.29, 1.82) is 0 Å². The van der Waals surface area contributed by atoms with Gasteiger partial charge in [0.25, 0.3) is 5.91 Å². The zero-order chi connectivity index (χ0) is 15.2. The van der Waals surface area contributed by atoms with Crippen molar-refractivity contribution in [2.45, 2.75) is 32.2 Å². The molecule has 1 aromatic rings. The topological polar surface area (TPSA) is 50.4 Å². The maximum atomic E-state index is 13.9. The van der Waals surface area contributed by atoms with Crippen LogP contribution in [0, 0.1) is 11.6 Å². The molecule has 1 aliphatic heterocycles. The predicted octanol–water partition coefficient (Wildman–Crippen LogP) is 2.70. The lowest BCUT2D eigenvalue weighted by Gasteiger charge is -2.23. The van der Waals surface area contributed by atoms with E-state index < -0.39 is 17.5 Å². The SMILES string of the molecule is CCCNc1c(F)cc(C(=O)NC2CCCOC2)cc1F. The fraction of sp³-hybridized carbons (Fsp3) is 0.533. The number of carbonyl (C=O) groups excluding carboxylic acids is 1. The molecule has 2 N–H and O–H groups in total. The standard InChI is InChI=1S/C15H20F2N2O2/c1-2-5-18-14-12(16)7-10(8-13(14)17)15(20)19-11-4-3-6-21-9-11/h7-8,11,18H,2-6,9H2,1H3,(H,19,20). The van der Waals surface area contributed by atoms with E-state index in [9.17, 15) is 13.6 Å². The van der Waals surface area contributed by atoms with Gasteiger partial charge in [-0.2, -0.15) is 0 Å². The molecule has 2 rings (SSSR count). The van der Waals surface area contributed by atoms with Gasteiger partial charge >= 0.3 is 0 Å². The number of halogens is 2. The van der Waals surface area contributed by atoms with Gasteiger partial charge in [0.1, 0.15) is 17.3 Å². The summed E-state index contributed by atoms with van der Waals surface area (Å²) in [7, 11) is 0. The van der Waals surface area contributed by atoms with Crippen LogP contribution in [-0.4, -0.2) is 31.7 Å². The Kier molecular flexibility index (Phi) is 5.50. The molecule has 0 bridgehead atoms. The minimum absolute atomic E-state index is 0.0161. The van der Waals surface area contributed by atoms with Crippen molar-refractivity contribution >= 4 is 11.6 Å². The van der Waals surface area contributed by atoms with E-state index in [2.05, 4.69) is 10.6 Å². The Morgan fingerprint density at radius 1 is 1.38 bits per heavy atom. The molecule has 0 saturated carbocycles. The summed E-state index contributed by atoms with van der Waals surface area (Å²) in [6.45, 7) is 3.50. The van der Waals surface area contributed by atoms with Gasteiger partial charge in [0, 0.05) is 18.7 Å². The van der Waals surface area contributed by atoms with Gasteiger partial charge in [0.15, 0.2) is 0 Å². The number of anilines is 1. The number of nitrogens with one attached hydrogen (secondary N) is 2. The number of ether oxygens (including phenoxy) is 1. The summed E-state index contributed by atoms with van der Waals surface area (Å²) < 4.78 is 33.0. The lowest BCUT2D eigenvalue weighted by molar-refractivity contribution is 0.0624. The maximum absolute atomic E-state index is 13.9. The van der Waals surface area contributed by atoms with Crippen molar-refractivity contribution in [3.63, 3.8) is 0 Å². The largest absolute Gasteiger partial charge is 0.380 e. The quantitative estimate of drug-likeness (QED) is 0.879. The highest BCUT2D eigenvalue weighted by atomic mass is 19.1. The second kappa shape index (κ2) is 7.36.